The zero-order valence-electron chi connectivity index (χ0n) is 43.6. The number of unbranched alkanes of at least 4 members (excludes halogenated alkanes) is 24. The predicted molar refractivity (Wildman–Crippen MR) is 284 cm³/mol. The van der Waals surface area contributed by atoms with Crippen LogP contribution in [0, 0.1) is 13.8 Å². The largest absolute Gasteiger partial charge is 2.00 e. The maximum absolute atomic E-state index is 12.3. The summed E-state index contributed by atoms with van der Waals surface area (Å²) in [6.45, 7) is 23.0. The Kier molecular flexibility index (Phi) is 42.5. The van der Waals surface area contributed by atoms with Crippen LogP contribution in [0.3, 0.4) is 0 Å². The van der Waals surface area contributed by atoms with E-state index in [9.17, 15) is 5.53 Å². The third kappa shape index (κ3) is 29.1. The summed E-state index contributed by atoms with van der Waals surface area (Å²) in [7, 11) is 0. The average molecular weight is 972 g/mol. The van der Waals surface area contributed by atoms with Gasteiger partial charge in [0.05, 0.1) is 0 Å². The second-order valence-electron chi connectivity index (χ2n) is 19.0. The SMILES string of the molecule is CCCCCCCCc1cc(CCCCCCCC)cc(C2=CC(CCCCC)=C(c3cc(CCCCCCCC)cc(CCCCCCCC)c3)[N+]2=[N-])c1.[CH2-]CCC.[CH2-]CCC.[Pd+2]. The zero-order chi connectivity index (χ0) is 46.2. The molecule has 64 heavy (non-hydrogen) atoms. The molecular weight excluding hydrogens is 867 g/mol. The Bertz CT molecular complexity index is 1390. The molecule has 1 aliphatic rings. The van der Waals surface area contributed by atoms with Crippen LogP contribution in [0.25, 0.3) is 16.9 Å². The first-order chi connectivity index (χ1) is 30.9. The van der Waals surface area contributed by atoms with Gasteiger partial charge in [0.2, 0.25) is 11.4 Å². The van der Waals surface area contributed by atoms with Crippen molar-refractivity contribution in [2.24, 2.45) is 0 Å². The molecule has 0 unspecified atom stereocenters. The minimum atomic E-state index is 0. The van der Waals surface area contributed by atoms with Crippen LogP contribution >= 0.6 is 0 Å². The van der Waals surface area contributed by atoms with Gasteiger partial charge in [-0.15, -0.1) is 0 Å². The second-order valence-corrected chi connectivity index (χ2v) is 19.0. The van der Waals surface area contributed by atoms with E-state index >= 15 is 0 Å². The Labute approximate surface area is 414 Å². The molecule has 0 spiro atoms. The molecule has 0 aromatic heterocycles. The Hall–Kier alpha value is -1.82. The Morgan fingerprint density at radius 3 is 0.938 bits per heavy atom. The van der Waals surface area contributed by atoms with Gasteiger partial charge >= 0.3 is 20.4 Å². The second kappa shape index (κ2) is 43.7. The van der Waals surface area contributed by atoms with Crippen LogP contribution in [0.2, 0.25) is 0 Å². The Morgan fingerprint density at radius 1 is 0.359 bits per heavy atom. The van der Waals surface area contributed by atoms with E-state index < -0.39 is 0 Å². The quantitative estimate of drug-likeness (QED) is 0.0281. The summed E-state index contributed by atoms with van der Waals surface area (Å²) in [6.07, 6.45) is 47.8. The number of aryl methyl sites for hydroxylation is 4. The molecule has 368 valence electrons. The molecule has 2 nitrogen and oxygen atoms in total. The smallest absolute Gasteiger partial charge is 0.493 e. The van der Waals surface area contributed by atoms with Crippen LogP contribution in [0.1, 0.15) is 287 Å². The first kappa shape index (κ1) is 62.2. The van der Waals surface area contributed by atoms with Crippen LogP contribution in [-0.2, 0) is 46.1 Å². The van der Waals surface area contributed by atoms with E-state index in [1.807, 2.05) is 0 Å². The summed E-state index contributed by atoms with van der Waals surface area (Å²) in [5.41, 5.74) is 23.9. The molecule has 0 saturated carbocycles. The van der Waals surface area contributed by atoms with Crippen molar-refractivity contribution in [2.75, 3.05) is 0 Å². The van der Waals surface area contributed by atoms with Crippen molar-refractivity contribution < 1.29 is 25.1 Å². The first-order valence-electron chi connectivity index (χ1n) is 27.7. The van der Waals surface area contributed by atoms with E-state index in [4.69, 9.17) is 0 Å². The van der Waals surface area contributed by atoms with Crippen LogP contribution in [0.5, 0.6) is 0 Å². The molecule has 0 radical (unpaired) electrons. The third-order valence-corrected chi connectivity index (χ3v) is 12.8. The molecule has 0 N–H and O–H groups in total. The molecule has 2 aromatic rings. The fraction of sp³-hybridized carbons (Fsp3) is 0.705. The predicted octanol–water partition coefficient (Wildman–Crippen LogP) is 20.9. The van der Waals surface area contributed by atoms with Crippen molar-refractivity contribution in [1.29, 1.82) is 0 Å². The summed E-state index contributed by atoms with van der Waals surface area (Å²) in [5.74, 6) is 0. The van der Waals surface area contributed by atoms with Crippen molar-refractivity contribution in [1.82, 2.24) is 0 Å². The molecule has 2 aromatic carbocycles. The molecule has 1 heterocycles. The van der Waals surface area contributed by atoms with Gasteiger partial charge in [0.25, 0.3) is 0 Å². The van der Waals surface area contributed by atoms with E-state index in [1.165, 1.54) is 219 Å². The molecular formula is C61H104N2Pd. The van der Waals surface area contributed by atoms with Crippen molar-refractivity contribution in [3.63, 3.8) is 0 Å². The van der Waals surface area contributed by atoms with E-state index in [0.29, 0.717) is 0 Å². The van der Waals surface area contributed by atoms with Crippen LogP contribution < -0.4 is 0 Å². The molecule has 0 amide bonds. The normalized spacial score (nSPS) is 12.1. The molecule has 1 aliphatic heterocycles. The summed E-state index contributed by atoms with van der Waals surface area (Å²) in [4.78, 5) is 0. The van der Waals surface area contributed by atoms with Gasteiger partial charge in [-0.25, -0.2) is 4.70 Å². The van der Waals surface area contributed by atoms with Gasteiger partial charge < -0.3 is 19.4 Å². The van der Waals surface area contributed by atoms with Crippen molar-refractivity contribution in [3.8, 4) is 0 Å². The number of benzene rings is 2. The molecule has 3 heteroatoms. The molecule has 0 bridgehead atoms. The minimum Gasteiger partial charge on any atom is -0.493 e. The Morgan fingerprint density at radius 2 is 0.625 bits per heavy atom. The van der Waals surface area contributed by atoms with Gasteiger partial charge in [-0.3, -0.25) is 0 Å². The van der Waals surface area contributed by atoms with E-state index in [1.54, 1.807) is 4.70 Å². The first-order valence-corrected chi connectivity index (χ1v) is 27.7. The van der Waals surface area contributed by atoms with Crippen molar-refractivity contribution >= 4 is 11.4 Å². The summed E-state index contributed by atoms with van der Waals surface area (Å²) in [5, 5.41) is 0. The minimum absolute atomic E-state index is 0. The molecule has 0 aliphatic carbocycles. The molecule has 0 saturated heterocycles. The summed E-state index contributed by atoms with van der Waals surface area (Å²) in [6, 6.07) is 14.7. The van der Waals surface area contributed by atoms with Crippen LogP contribution in [-0.4, -0.2) is 4.70 Å². The number of nitrogens with zero attached hydrogens (tertiary/aromatic N) is 2. The maximum atomic E-state index is 12.3. The van der Waals surface area contributed by atoms with Gasteiger partial charge in [-0.05, 0) is 111 Å². The van der Waals surface area contributed by atoms with Gasteiger partial charge in [0.1, 0.15) is 0 Å². The standard InChI is InChI=1S/C53H86N2.2C4H9.Pd/c1-6-11-16-20-24-29-33-45-38-46(34-30-25-21-17-12-7-2)41-50(40-45)52-44-49(37-28-15-10-5)53(55(52)54)51-42-47(35-31-26-22-18-13-8-3)39-48(43-51)36-32-27-23-19-14-9-4;2*1-3-4-2;/h38-44H,6-37H2,1-5H3;2*1,3-4H2,2H3;/q;2*-1;+2. The van der Waals surface area contributed by atoms with Crippen molar-refractivity contribution in [3.05, 3.63) is 101 Å². The number of allylic oxidation sites excluding steroid dienone is 2. The fourth-order valence-corrected chi connectivity index (χ4v) is 8.65. The number of hydrogen-bond donors (Lipinski definition) is 0. The van der Waals surface area contributed by atoms with Crippen LogP contribution in [0.4, 0.5) is 0 Å². The fourth-order valence-electron chi connectivity index (χ4n) is 8.65. The summed E-state index contributed by atoms with van der Waals surface area (Å²) >= 11 is 0. The van der Waals surface area contributed by atoms with Gasteiger partial charge in [-0.1, -0.05) is 215 Å². The van der Waals surface area contributed by atoms with Crippen molar-refractivity contribution in [2.45, 2.75) is 280 Å². The van der Waals surface area contributed by atoms with Crippen LogP contribution in [0.15, 0.2) is 48.0 Å². The zero-order valence-corrected chi connectivity index (χ0v) is 45.2. The van der Waals surface area contributed by atoms with E-state index in [0.717, 1.165) is 62.8 Å². The molecule has 0 fully saturated rings. The van der Waals surface area contributed by atoms with Gasteiger partial charge in [0.15, 0.2) is 0 Å². The topological polar surface area (TPSA) is 25.3 Å². The monoisotopic (exact) mass is 971 g/mol. The van der Waals surface area contributed by atoms with E-state index in [-0.39, 0.29) is 20.4 Å². The molecule has 3 rings (SSSR count). The van der Waals surface area contributed by atoms with Gasteiger partial charge in [-0.2, -0.15) is 12.8 Å². The third-order valence-electron chi connectivity index (χ3n) is 12.8. The number of hydrogen-bond acceptors (Lipinski definition) is 0. The average Bonchev–Trinajstić information content (AvgIpc) is 3.63. The summed E-state index contributed by atoms with van der Waals surface area (Å²) < 4.78 is 1.61. The maximum Gasteiger partial charge on any atom is 2.00 e. The van der Waals surface area contributed by atoms with E-state index in [2.05, 4.69) is 105 Å². The number of rotatable bonds is 36. The Balaban J connectivity index is 0.00000405. The van der Waals surface area contributed by atoms with Gasteiger partial charge in [0, 0.05) is 22.8 Å². The molecule has 0 atom stereocenters.